The minimum atomic E-state index is 0.533. The molecular weight excluding hydrogens is 549 g/mol. The Morgan fingerprint density at radius 1 is 0.561 bits per heavy atom. The second kappa shape index (κ2) is 16.1. The van der Waals surface area contributed by atoms with Gasteiger partial charge in [-0.15, -0.1) is 23.5 Å². The van der Waals surface area contributed by atoms with Gasteiger partial charge < -0.3 is 9.47 Å². The number of benzene rings is 4. The minimum absolute atomic E-state index is 0.533. The van der Waals surface area contributed by atoms with Crippen molar-refractivity contribution in [3.63, 3.8) is 0 Å². The molecule has 212 valence electrons. The molecule has 0 spiro atoms. The highest BCUT2D eigenvalue weighted by molar-refractivity contribution is 7.98. The van der Waals surface area contributed by atoms with Gasteiger partial charge in [0.15, 0.2) is 12.6 Å². The summed E-state index contributed by atoms with van der Waals surface area (Å²) in [6.07, 6.45) is 4.34. The van der Waals surface area contributed by atoms with Gasteiger partial charge in [0.05, 0.1) is 24.3 Å². The number of hydrogen-bond donors (Lipinski definition) is 0. The van der Waals surface area contributed by atoms with Gasteiger partial charge in [-0.1, -0.05) is 47.5 Å². The molecule has 0 aliphatic carbocycles. The molecule has 6 heteroatoms. The number of rotatable bonds is 16. The van der Waals surface area contributed by atoms with Gasteiger partial charge in [-0.2, -0.15) is 0 Å². The highest BCUT2D eigenvalue weighted by atomic mass is 32.2. The van der Waals surface area contributed by atoms with Crippen LogP contribution in [0.4, 0.5) is 0 Å². The topological polar surface area (TPSA) is 52.6 Å². The van der Waals surface area contributed by atoms with E-state index in [1.165, 1.54) is 20.9 Å². The number of hydrogen-bond acceptors (Lipinski definition) is 6. The largest absolute Gasteiger partial charge is 0.493 e. The lowest BCUT2D eigenvalue weighted by molar-refractivity contribution is 0.111. The first-order valence-corrected chi connectivity index (χ1v) is 15.8. The molecule has 0 saturated carbocycles. The van der Waals surface area contributed by atoms with E-state index in [1.807, 2.05) is 36.4 Å². The molecule has 0 bridgehead atoms. The van der Waals surface area contributed by atoms with Crippen molar-refractivity contribution in [3.8, 4) is 11.5 Å². The van der Waals surface area contributed by atoms with Gasteiger partial charge in [0.1, 0.15) is 11.5 Å². The predicted octanol–water partition coefficient (Wildman–Crippen LogP) is 9.14. The SMILES string of the molecule is Cc1ccc(SCc2ccc(OCCCCCOc3ccc(CSc4ccc(C)cc4)cc3C=O)c(C=O)c2)cc1. The van der Waals surface area contributed by atoms with E-state index in [-0.39, 0.29) is 0 Å². The molecule has 0 heterocycles. The normalized spacial score (nSPS) is 10.8. The fourth-order valence-corrected chi connectivity index (χ4v) is 5.85. The number of carbonyl (C=O) groups is 2. The van der Waals surface area contributed by atoms with E-state index in [4.69, 9.17) is 9.47 Å². The molecule has 0 aliphatic heterocycles. The second-order valence-electron chi connectivity index (χ2n) is 9.94. The fourth-order valence-electron chi connectivity index (χ4n) is 4.17. The van der Waals surface area contributed by atoms with Gasteiger partial charge in [-0.25, -0.2) is 0 Å². The molecule has 0 atom stereocenters. The maximum absolute atomic E-state index is 11.7. The van der Waals surface area contributed by atoms with E-state index in [1.54, 1.807) is 23.5 Å². The van der Waals surface area contributed by atoms with Crippen LogP contribution in [-0.2, 0) is 11.5 Å². The number of unbranched alkanes of at least 4 members (excludes halogenated alkanes) is 2. The fraction of sp³-hybridized carbons (Fsp3) is 0.257. The summed E-state index contributed by atoms with van der Waals surface area (Å²) in [4.78, 5) is 25.7. The molecule has 0 radical (unpaired) electrons. The molecular formula is C35H36O4S2. The maximum atomic E-state index is 11.7. The van der Waals surface area contributed by atoms with E-state index in [2.05, 4.69) is 62.4 Å². The van der Waals surface area contributed by atoms with E-state index in [9.17, 15) is 9.59 Å². The number of ether oxygens (including phenoxy) is 2. The van der Waals surface area contributed by atoms with Crippen LogP contribution in [0.3, 0.4) is 0 Å². The molecule has 4 aromatic carbocycles. The first kappa shape index (κ1) is 30.5. The molecule has 41 heavy (non-hydrogen) atoms. The van der Waals surface area contributed by atoms with Gasteiger partial charge in [0, 0.05) is 21.3 Å². The number of aldehydes is 2. The van der Waals surface area contributed by atoms with Crippen molar-refractivity contribution in [3.05, 3.63) is 118 Å². The highest BCUT2D eigenvalue weighted by Gasteiger charge is 2.08. The Bertz CT molecular complexity index is 1310. The van der Waals surface area contributed by atoms with Gasteiger partial charge in [0.25, 0.3) is 0 Å². The minimum Gasteiger partial charge on any atom is -0.493 e. The first-order chi connectivity index (χ1) is 20.0. The zero-order chi connectivity index (χ0) is 28.9. The highest BCUT2D eigenvalue weighted by Crippen LogP contribution is 2.28. The van der Waals surface area contributed by atoms with Crippen molar-refractivity contribution in [2.45, 2.75) is 54.4 Å². The molecule has 4 nitrogen and oxygen atoms in total. The van der Waals surface area contributed by atoms with Crippen LogP contribution >= 0.6 is 23.5 Å². The Balaban J connectivity index is 1.15. The standard InChI is InChI=1S/C35H36O4S2/c1-26-6-12-32(13-7-26)40-24-28-10-16-34(30(20-28)22-36)38-18-4-3-5-19-39-35-17-11-29(21-31(35)23-37)25-41-33-14-8-27(2)9-15-33/h6-17,20-23H,3-5,18-19,24-25H2,1-2H3. The van der Waals surface area contributed by atoms with Crippen molar-refractivity contribution < 1.29 is 19.1 Å². The zero-order valence-corrected chi connectivity index (χ0v) is 25.3. The zero-order valence-electron chi connectivity index (χ0n) is 23.6. The van der Waals surface area contributed by atoms with Crippen LogP contribution in [0, 0.1) is 13.8 Å². The quantitative estimate of drug-likeness (QED) is 0.0744. The molecule has 0 N–H and O–H groups in total. The monoisotopic (exact) mass is 584 g/mol. The van der Waals surface area contributed by atoms with Crippen LogP contribution in [0.2, 0.25) is 0 Å². The molecule has 0 amide bonds. The molecule has 0 aromatic heterocycles. The summed E-state index contributed by atoms with van der Waals surface area (Å²) in [6, 6.07) is 28.6. The number of carbonyl (C=O) groups excluding carboxylic acids is 2. The Morgan fingerprint density at radius 3 is 1.37 bits per heavy atom. The Hall–Kier alpha value is -3.48. The van der Waals surface area contributed by atoms with Crippen LogP contribution in [0.25, 0.3) is 0 Å². The molecule has 0 saturated heterocycles. The van der Waals surface area contributed by atoms with Crippen LogP contribution in [0.1, 0.15) is 62.2 Å². The second-order valence-corrected chi connectivity index (χ2v) is 12.0. The summed E-state index contributed by atoms with van der Waals surface area (Å²) in [6.45, 7) is 5.22. The van der Waals surface area contributed by atoms with Crippen molar-refractivity contribution in [1.82, 2.24) is 0 Å². The van der Waals surface area contributed by atoms with Crippen molar-refractivity contribution in [2.75, 3.05) is 13.2 Å². The summed E-state index contributed by atoms with van der Waals surface area (Å²) in [7, 11) is 0. The van der Waals surface area contributed by atoms with E-state index >= 15 is 0 Å². The summed E-state index contributed by atoms with van der Waals surface area (Å²) >= 11 is 3.50. The summed E-state index contributed by atoms with van der Waals surface area (Å²) in [5.74, 6) is 2.84. The summed E-state index contributed by atoms with van der Waals surface area (Å²) < 4.78 is 11.8. The van der Waals surface area contributed by atoms with Gasteiger partial charge in [0.2, 0.25) is 0 Å². The van der Waals surface area contributed by atoms with Crippen LogP contribution in [-0.4, -0.2) is 25.8 Å². The van der Waals surface area contributed by atoms with Crippen molar-refractivity contribution in [1.29, 1.82) is 0 Å². The van der Waals surface area contributed by atoms with Crippen molar-refractivity contribution in [2.24, 2.45) is 0 Å². The first-order valence-electron chi connectivity index (χ1n) is 13.8. The third kappa shape index (κ3) is 9.83. The van der Waals surface area contributed by atoms with Crippen molar-refractivity contribution >= 4 is 36.1 Å². The Labute approximate surface area is 251 Å². The van der Waals surface area contributed by atoms with E-state index in [0.29, 0.717) is 35.8 Å². The lowest BCUT2D eigenvalue weighted by atomic mass is 10.1. The molecule has 0 unspecified atom stereocenters. The van der Waals surface area contributed by atoms with Gasteiger partial charge in [-0.3, -0.25) is 9.59 Å². The van der Waals surface area contributed by atoms with Crippen LogP contribution < -0.4 is 9.47 Å². The van der Waals surface area contributed by atoms with E-state index in [0.717, 1.165) is 54.5 Å². The summed E-state index contributed by atoms with van der Waals surface area (Å²) in [5.41, 5.74) is 5.83. The molecule has 4 aromatic rings. The lowest BCUT2D eigenvalue weighted by Gasteiger charge is -2.12. The Kier molecular flexibility index (Phi) is 12.0. The lowest BCUT2D eigenvalue weighted by Crippen LogP contribution is -2.03. The maximum Gasteiger partial charge on any atom is 0.153 e. The van der Waals surface area contributed by atoms with Crippen LogP contribution in [0.5, 0.6) is 11.5 Å². The van der Waals surface area contributed by atoms with E-state index < -0.39 is 0 Å². The number of aryl methyl sites for hydroxylation is 2. The predicted molar refractivity (Wildman–Crippen MR) is 170 cm³/mol. The third-order valence-electron chi connectivity index (χ3n) is 6.56. The molecule has 0 aliphatic rings. The smallest absolute Gasteiger partial charge is 0.153 e. The third-order valence-corrected chi connectivity index (χ3v) is 8.73. The molecule has 0 fully saturated rings. The summed E-state index contributed by atoms with van der Waals surface area (Å²) in [5, 5.41) is 0. The molecule has 4 rings (SSSR count). The average Bonchev–Trinajstić information content (AvgIpc) is 3.00. The van der Waals surface area contributed by atoms with Crippen LogP contribution in [0.15, 0.2) is 94.7 Å². The van der Waals surface area contributed by atoms with Gasteiger partial charge in [-0.05, 0) is 92.8 Å². The Morgan fingerprint density at radius 2 is 0.976 bits per heavy atom. The number of thioether (sulfide) groups is 2. The average molecular weight is 585 g/mol. The van der Waals surface area contributed by atoms with Gasteiger partial charge >= 0.3 is 0 Å².